The molecule has 0 radical (unpaired) electrons. The standard InChI is InChI=1S/C23H25N3O3S/c1-4-25(5-2)20-13-11-18(12-14-20)22(28)29-15-19-16-30-23(24-19)26(17(3)27)21-9-7-6-8-10-21/h6-14,16H,4-5,15H2,1-3H3. The zero-order chi connectivity index (χ0) is 21.5. The number of ether oxygens (including phenoxy) is 1. The maximum absolute atomic E-state index is 12.4. The highest BCUT2D eigenvalue weighted by Gasteiger charge is 2.18. The van der Waals surface area contributed by atoms with E-state index in [0.717, 1.165) is 24.5 Å². The average Bonchev–Trinajstić information content (AvgIpc) is 3.22. The van der Waals surface area contributed by atoms with Crippen LogP contribution in [0.4, 0.5) is 16.5 Å². The molecular formula is C23H25N3O3S. The number of benzene rings is 2. The van der Waals surface area contributed by atoms with Crippen molar-refractivity contribution in [1.29, 1.82) is 0 Å². The van der Waals surface area contributed by atoms with E-state index in [0.29, 0.717) is 16.4 Å². The molecule has 3 aromatic rings. The normalized spacial score (nSPS) is 10.5. The van der Waals surface area contributed by atoms with Gasteiger partial charge in [0.05, 0.1) is 16.9 Å². The van der Waals surface area contributed by atoms with Crippen LogP contribution in [0.15, 0.2) is 60.0 Å². The summed E-state index contributed by atoms with van der Waals surface area (Å²) < 4.78 is 5.41. The van der Waals surface area contributed by atoms with Crippen LogP contribution in [-0.4, -0.2) is 29.9 Å². The van der Waals surface area contributed by atoms with Crippen molar-refractivity contribution >= 4 is 39.7 Å². The molecular weight excluding hydrogens is 398 g/mol. The van der Waals surface area contributed by atoms with E-state index in [1.165, 1.54) is 18.3 Å². The van der Waals surface area contributed by atoms with E-state index in [2.05, 4.69) is 23.7 Å². The number of rotatable bonds is 8. The number of amides is 1. The Morgan fingerprint density at radius 1 is 0.967 bits per heavy atom. The molecule has 7 heteroatoms. The molecule has 0 N–H and O–H groups in total. The summed E-state index contributed by atoms with van der Waals surface area (Å²) in [6, 6.07) is 16.7. The SMILES string of the molecule is CCN(CC)c1ccc(C(=O)OCc2csc(N(C(C)=O)c3ccccc3)n2)cc1. The summed E-state index contributed by atoms with van der Waals surface area (Å²) in [6.45, 7) is 7.56. The Morgan fingerprint density at radius 3 is 2.23 bits per heavy atom. The van der Waals surface area contributed by atoms with Gasteiger partial charge in [0.15, 0.2) is 5.13 Å². The Hall–Kier alpha value is -3.19. The second-order valence-corrected chi connectivity index (χ2v) is 7.44. The summed E-state index contributed by atoms with van der Waals surface area (Å²) >= 11 is 1.34. The van der Waals surface area contributed by atoms with E-state index in [9.17, 15) is 9.59 Å². The Labute approximate surface area is 180 Å². The number of aromatic nitrogens is 1. The smallest absolute Gasteiger partial charge is 0.338 e. The Bertz CT molecular complexity index is 982. The molecule has 3 rings (SSSR count). The van der Waals surface area contributed by atoms with E-state index < -0.39 is 5.97 Å². The largest absolute Gasteiger partial charge is 0.456 e. The van der Waals surface area contributed by atoms with Crippen LogP contribution in [0.3, 0.4) is 0 Å². The summed E-state index contributed by atoms with van der Waals surface area (Å²) in [4.78, 5) is 32.7. The van der Waals surface area contributed by atoms with E-state index >= 15 is 0 Å². The quantitative estimate of drug-likeness (QED) is 0.476. The molecule has 0 spiro atoms. The van der Waals surface area contributed by atoms with Crippen LogP contribution >= 0.6 is 11.3 Å². The molecule has 0 unspecified atom stereocenters. The topological polar surface area (TPSA) is 62.7 Å². The Kier molecular flexibility index (Phi) is 7.19. The molecule has 1 aromatic heterocycles. The average molecular weight is 424 g/mol. The van der Waals surface area contributed by atoms with Crippen molar-refractivity contribution < 1.29 is 14.3 Å². The first-order valence-corrected chi connectivity index (χ1v) is 10.7. The van der Waals surface area contributed by atoms with Gasteiger partial charge in [0.1, 0.15) is 6.61 Å². The molecule has 1 amide bonds. The molecule has 0 aliphatic rings. The predicted octanol–water partition coefficient (Wildman–Crippen LogP) is 5.03. The van der Waals surface area contributed by atoms with Crippen molar-refractivity contribution in [1.82, 2.24) is 4.98 Å². The molecule has 30 heavy (non-hydrogen) atoms. The number of thiazole rings is 1. The number of anilines is 3. The van der Waals surface area contributed by atoms with Crippen molar-refractivity contribution in [2.75, 3.05) is 22.9 Å². The fourth-order valence-electron chi connectivity index (χ4n) is 3.09. The monoisotopic (exact) mass is 423 g/mol. The van der Waals surface area contributed by atoms with E-state index in [-0.39, 0.29) is 12.5 Å². The fraction of sp³-hybridized carbons (Fsp3) is 0.261. The highest BCUT2D eigenvalue weighted by Crippen LogP contribution is 2.29. The third-order valence-electron chi connectivity index (χ3n) is 4.64. The van der Waals surface area contributed by atoms with Crippen LogP contribution in [0.1, 0.15) is 36.8 Å². The number of para-hydroxylation sites is 1. The number of hydrogen-bond donors (Lipinski definition) is 0. The van der Waals surface area contributed by atoms with Gasteiger partial charge >= 0.3 is 5.97 Å². The van der Waals surface area contributed by atoms with Crippen molar-refractivity contribution in [2.24, 2.45) is 0 Å². The zero-order valence-corrected chi connectivity index (χ0v) is 18.2. The second kappa shape index (κ2) is 10.0. The molecule has 0 aliphatic carbocycles. The number of carbonyl (C=O) groups is 2. The van der Waals surface area contributed by atoms with E-state index in [4.69, 9.17) is 4.74 Å². The number of hydrogen-bond acceptors (Lipinski definition) is 6. The lowest BCUT2D eigenvalue weighted by atomic mass is 10.2. The third kappa shape index (κ3) is 5.04. The van der Waals surface area contributed by atoms with Crippen molar-refractivity contribution in [3.05, 3.63) is 71.2 Å². The molecule has 0 saturated heterocycles. The van der Waals surface area contributed by atoms with Gasteiger partial charge in [0.25, 0.3) is 0 Å². The molecule has 0 atom stereocenters. The van der Waals surface area contributed by atoms with Gasteiger partial charge in [0, 0.05) is 31.1 Å². The van der Waals surface area contributed by atoms with Gasteiger partial charge in [-0.25, -0.2) is 9.78 Å². The van der Waals surface area contributed by atoms with Crippen LogP contribution < -0.4 is 9.80 Å². The third-order valence-corrected chi connectivity index (χ3v) is 5.52. The van der Waals surface area contributed by atoms with E-state index in [1.807, 2.05) is 42.5 Å². The molecule has 6 nitrogen and oxygen atoms in total. The van der Waals surface area contributed by atoms with Crippen molar-refractivity contribution in [3.8, 4) is 0 Å². The highest BCUT2D eigenvalue weighted by atomic mass is 32.1. The van der Waals surface area contributed by atoms with Crippen LogP contribution in [0.25, 0.3) is 0 Å². The highest BCUT2D eigenvalue weighted by molar-refractivity contribution is 7.14. The lowest BCUT2D eigenvalue weighted by molar-refractivity contribution is -0.115. The first-order valence-electron chi connectivity index (χ1n) is 9.85. The first kappa shape index (κ1) is 21.5. The molecule has 1 heterocycles. The molecule has 0 saturated carbocycles. The summed E-state index contributed by atoms with van der Waals surface area (Å²) in [7, 11) is 0. The second-order valence-electron chi connectivity index (χ2n) is 6.61. The minimum absolute atomic E-state index is 0.0493. The van der Waals surface area contributed by atoms with Gasteiger partial charge in [-0.15, -0.1) is 11.3 Å². The molecule has 0 bridgehead atoms. The van der Waals surface area contributed by atoms with Gasteiger partial charge in [-0.05, 0) is 50.2 Å². The maximum Gasteiger partial charge on any atom is 0.338 e. The van der Waals surface area contributed by atoms with Crippen LogP contribution in [0.5, 0.6) is 0 Å². The minimum Gasteiger partial charge on any atom is -0.456 e. The molecule has 156 valence electrons. The first-order chi connectivity index (χ1) is 14.5. The predicted molar refractivity (Wildman–Crippen MR) is 120 cm³/mol. The number of esters is 1. The van der Waals surface area contributed by atoms with Crippen LogP contribution in [0.2, 0.25) is 0 Å². The molecule has 0 fully saturated rings. The summed E-state index contributed by atoms with van der Waals surface area (Å²) in [5.74, 6) is -0.533. The van der Waals surface area contributed by atoms with Crippen LogP contribution in [-0.2, 0) is 16.1 Å². The molecule has 0 aliphatic heterocycles. The summed E-state index contributed by atoms with van der Waals surface area (Å²) in [5, 5.41) is 2.34. The van der Waals surface area contributed by atoms with Gasteiger partial charge in [-0.3, -0.25) is 9.69 Å². The van der Waals surface area contributed by atoms with Gasteiger partial charge in [-0.2, -0.15) is 0 Å². The lowest BCUT2D eigenvalue weighted by Crippen LogP contribution is -2.22. The van der Waals surface area contributed by atoms with Crippen molar-refractivity contribution in [3.63, 3.8) is 0 Å². The Morgan fingerprint density at radius 2 is 1.63 bits per heavy atom. The Balaban J connectivity index is 1.65. The van der Waals surface area contributed by atoms with Gasteiger partial charge in [0.2, 0.25) is 5.91 Å². The number of nitrogens with zero attached hydrogens (tertiary/aromatic N) is 3. The maximum atomic E-state index is 12.4. The summed E-state index contributed by atoms with van der Waals surface area (Å²) in [6.07, 6.45) is 0. The summed E-state index contributed by atoms with van der Waals surface area (Å²) in [5.41, 5.74) is 2.92. The van der Waals surface area contributed by atoms with Gasteiger partial charge < -0.3 is 9.64 Å². The van der Waals surface area contributed by atoms with Crippen molar-refractivity contribution in [2.45, 2.75) is 27.4 Å². The number of carbonyl (C=O) groups excluding carboxylic acids is 2. The van der Waals surface area contributed by atoms with E-state index in [1.54, 1.807) is 22.4 Å². The van der Waals surface area contributed by atoms with Gasteiger partial charge in [-0.1, -0.05) is 18.2 Å². The molecule has 2 aromatic carbocycles. The van der Waals surface area contributed by atoms with Crippen LogP contribution in [0, 0.1) is 0 Å². The minimum atomic E-state index is -0.401. The fourth-order valence-corrected chi connectivity index (χ4v) is 3.96. The zero-order valence-electron chi connectivity index (χ0n) is 17.4. The lowest BCUT2D eigenvalue weighted by Gasteiger charge is -2.20.